The third kappa shape index (κ3) is 8.18. The van der Waals surface area contributed by atoms with E-state index in [1.807, 2.05) is 0 Å². The minimum absolute atomic E-state index is 0.908. The minimum Gasteiger partial charge on any atom is -0.310 e. The number of para-hydroxylation sites is 4. The largest absolute Gasteiger partial charge is 0.310 e. The summed E-state index contributed by atoms with van der Waals surface area (Å²) in [5, 5.41) is 9.24. The van der Waals surface area contributed by atoms with Gasteiger partial charge in [0.25, 0.3) is 0 Å². The van der Waals surface area contributed by atoms with E-state index in [-0.39, 0.29) is 0 Å². The Kier molecular flexibility index (Phi) is 12.6. The summed E-state index contributed by atoms with van der Waals surface area (Å²) in [7, 11) is 0. The van der Waals surface area contributed by atoms with Crippen molar-refractivity contribution in [1.82, 2.24) is 0 Å². The molecule has 93 heavy (non-hydrogen) atoms. The molecule has 0 heterocycles. The molecule has 0 amide bonds. The summed E-state index contributed by atoms with van der Waals surface area (Å²) in [6.45, 7) is 0. The van der Waals surface area contributed by atoms with Crippen LogP contribution in [0.15, 0.2) is 398 Å². The molecule has 0 unspecified atom stereocenters. The van der Waals surface area contributed by atoms with Gasteiger partial charge in [0, 0.05) is 44.3 Å². The molecule has 0 atom stereocenters. The predicted octanol–water partition coefficient (Wildman–Crippen LogP) is 22.6. The van der Waals surface area contributed by atoms with E-state index < -0.39 is 16.7 Å². The molecule has 14 aromatic carbocycles. The highest BCUT2D eigenvalue weighted by molar-refractivity contribution is 6.05. The molecule has 4 aliphatic carbocycles. The fraction of sp³-hybridized carbons (Fsp3) is 0.0337. The van der Waals surface area contributed by atoms with E-state index in [1.165, 1.54) is 44.5 Å². The molecule has 0 saturated carbocycles. The molecule has 1 spiro atoms. The zero-order valence-corrected chi connectivity index (χ0v) is 51.1. The molecule has 18 rings (SSSR count). The van der Waals surface area contributed by atoms with Crippen molar-refractivity contribution in [2.45, 2.75) is 16.7 Å². The van der Waals surface area contributed by atoms with E-state index in [9.17, 15) is 0 Å². The highest BCUT2D eigenvalue weighted by Gasteiger charge is 2.60. The van der Waals surface area contributed by atoms with Crippen LogP contribution in [0, 0.1) is 0 Å². The number of benzene rings is 14. The topological polar surface area (TPSA) is 13.0 Å². The van der Waals surface area contributed by atoms with Crippen molar-refractivity contribution in [3.8, 4) is 11.1 Å². The maximum Gasteiger partial charge on any atom is 0.161 e. The van der Waals surface area contributed by atoms with Gasteiger partial charge in [-0.1, -0.05) is 279 Å². The van der Waals surface area contributed by atoms with Crippen molar-refractivity contribution in [2.75, 3.05) is 19.6 Å². The second kappa shape index (κ2) is 21.6. The van der Waals surface area contributed by atoms with E-state index in [1.54, 1.807) is 0 Å². The molecule has 0 aromatic heterocycles. The van der Waals surface area contributed by atoms with Crippen LogP contribution < -0.4 is 19.6 Å². The fourth-order valence-electron chi connectivity index (χ4n) is 16.2. The average molecular weight is 1190 g/mol. The lowest BCUT2D eigenvalue weighted by Crippen LogP contribution is -2.57. The van der Waals surface area contributed by atoms with Crippen molar-refractivity contribution in [3.63, 3.8) is 0 Å². The van der Waals surface area contributed by atoms with Gasteiger partial charge in [-0.3, -0.25) is 0 Å². The lowest BCUT2D eigenvalue weighted by Gasteiger charge is -2.53. The van der Waals surface area contributed by atoms with Crippen LogP contribution in [-0.4, -0.2) is 11.3 Å². The summed E-state index contributed by atoms with van der Waals surface area (Å²) in [5.74, 6) is 0. The molecule has 0 radical (unpaired) electrons. The first-order chi connectivity index (χ1) is 46.1. The summed E-state index contributed by atoms with van der Waals surface area (Å²) in [4.78, 5) is 10.5. The third-order valence-corrected chi connectivity index (χ3v) is 19.9. The van der Waals surface area contributed by atoms with Crippen molar-refractivity contribution < 1.29 is 0 Å². The molecule has 0 bridgehead atoms. The van der Waals surface area contributed by atoms with Crippen molar-refractivity contribution in [2.24, 2.45) is 0 Å². The van der Waals surface area contributed by atoms with Gasteiger partial charge in [-0.2, -0.15) is 0 Å². The SMILES string of the molecule is C1=CC(N(c2ccccc2)c2cccc3ccccc23)(N(c2ccccc2)c2cccc3ccccc23)C=C2C1=C1C=CC(N(c3ccccc3)c3cccc4ccccc34)(N(c3ccccc3)c3cccc4ccccc34)C=C1C21c2ccccc2-c2ccccc21. The molecule has 0 saturated heterocycles. The van der Waals surface area contributed by atoms with Gasteiger partial charge in [0.05, 0.1) is 28.2 Å². The Morgan fingerprint density at radius 2 is 0.462 bits per heavy atom. The van der Waals surface area contributed by atoms with E-state index >= 15 is 0 Å². The number of allylic oxidation sites excluding steroid dienone is 6. The van der Waals surface area contributed by atoms with Crippen LogP contribution >= 0.6 is 0 Å². The van der Waals surface area contributed by atoms with Crippen molar-refractivity contribution >= 4 is 88.6 Å². The summed E-state index contributed by atoms with van der Waals surface area (Å²) in [6, 6.07) is 126. The molecule has 438 valence electrons. The van der Waals surface area contributed by atoms with Gasteiger partial charge in [0.2, 0.25) is 0 Å². The Hall–Kier alpha value is -12.0. The Bertz CT molecular complexity index is 4820. The van der Waals surface area contributed by atoms with Crippen LogP contribution in [0.5, 0.6) is 0 Å². The summed E-state index contributed by atoms with van der Waals surface area (Å²) in [5.41, 5.74) is 15.0. The smallest absolute Gasteiger partial charge is 0.161 e. The Labute approximate surface area is 542 Å². The number of rotatable bonds is 12. The molecule has 0 aliphatic heterocycles. The summed E-state index contributed by atoms with van der Waals surface area (Å²) < 4.78 is 0. The van der Waals surface area contributed by atoms with Gasteiger partial charge in [-0.15, -0.1) is 0 Å². The number of hydrogen-bond donors (Lipinski definition) is 0. The van der Waals surface area contributed by atoms with Gasteiger partial charge >= 0.3 is 0 Å². The highest BCUT2D eigenvalue weighted by Crippen LogP contribution is 2.67. The van der Waals surface area contributed by atoms with Crippen LogP contribution in [0.2, 0.25) is 0 Å². The maximum absolute atomic E-state index is 2.69. The Morgan fingerprint density at radius 3 is 0.763 bits per heavy atom. The van der Waals surface area contributed by atoms with Crippen LogP contribution in [-0.2, 0) is 5.41 Å². The monoisotopic (exact) mass is 1190 g/mol. The predicted molar refractivity (Wildman–Crippen MR) is 390 cm³/mol. The summed E-state index contributed by atoms with van der Waals surface area (Å²) >= 11 is 0. The van der Waals surface area contributed by atoms with Gasteiger partial charge < -0.3 is 19.6 Å². The standard InChI is InChI=1S/C89H62N4/c1-5-37-67(38-6-1)90(83-53-25-33-63-29-13-17-45-71(63)83)87(91(68-39-7-2-8-40-68)84-54-26-34-64-30-14-18-46-72(64)84)59-57-77-78-58-60-88(92(69-41-9-3-10-42-69)85-55-27-35-65-31-15-19-47-73(65)85,93(70-43-11-4-12-44-70)86-56-28-36-66-32-16-20-48-74(66)86)62-82(78)89(81(77)61-87)79-51-23-21-49-75(79)76-50-22-24-52-80(76)89/h1-62H. The average Bonchev–Trinajstić information content (AvgIpc) is 1.51. The zero-order chi connectivity index (χ0) is 61.5. The first-order valence-corrected chi connectivity index (χ1v) is 32.2. The molecular weight excluding hydrogens is 1130 g/mol. The van der Waals surface area contributed by atoms with E-state index in [4.69, 9.17) is 0 Å². The van der Waals surface area contributed by atoms with Gasteiger partial charge in [0.15, 0.2) is 11.3 Å². The molecule has 0 N–H and O–H groups in total. The minimum atomic E-state index is -1.12. The molecule has 4 aliphatic rings. The maximum atomic E-state index is 2.69. The van der Waals surface area contributed by atoms with Crippen molar-refractivity contribution in [1.29, 1.82) is 0 Å². The first-order valence-electron chi connectivity index (χ1n) is 32.2. The van der Waals surface area contributed by atoms with Gasteiger partial charge in [-0.05, 0) is 163 Å². The Morgan fingerprint density at radius 1 is 0.215 bits per heavy atom. The van der Waals surface area contributed by atoms with Gasteiger partial charge in [-0.25, -0.2) is 0 Å². The molecule has 0 fully saturated rings. The normalized spacial score (nSPS) is 15.1. The Balaban J connectivity index is 1.03. The second-order valence-electron chi connectivity index (χ2n) is 24.7. The summed E-state index contributed by atoms with van der Waals surface area (Å²) in [6.07, 6.45) is 15.4. The number of anilines is 8. The molecule has 4 heteroatoms. The zero-order valence-electron chi connectivity index (χ0n) is 51.1. The van der Waals surface area contributed by atoms with Gasteiger partial charge in [0.1, 0.15) is 0 Å². The first kappa shape index (κ1) is 54.0. The molecule has 4 nitrogen and oxygen atoms in total. The number of fused-ring (bicyclic) bond motifs is 13. The lowest BCUT2D eigenvalue weighted by molar-refractivity contribution is 0.609. The molecule has 14 aromatic rings. The fourth-order valence-corrected chi connectivity index (χ4v) is 16.2. The van der Waals surface area contributed by atoms with Crippen molar-refractivity contribution in [3.05, 3.63) is 410 Å². The van der Waals surface area contributed by atoms with E-state index in [0.29, 0.717) is 0 Å². The third-order valence-electron chi connectivity index (χ3n) is 19.9. The van der Waals surface area contributed by atoms with Crippen LogP contribution in [0.4, 0.5) is 45.5 Å². The number of nitrogens with zero attached hydrogens (tertiary/aromatic N) is 4. The van der Waals surface area contributed by atoms with Crippen LogP contribution in [0.25, 0.3) is 54.2 Å². The van der Waals surface area contributed by atoms with Crippen LogP contribution in [0.3, 0.4) is 0 Å². The quantitative estimate of drug-likeness (QED) is 0.113. The highest BCUT2D eigenvalue weighted by atomic mass is 15.4. The van der Waals surface area contributed by atoms with E-state index in [0.717, 1.165) is 88.6 Å². The lowest BCUT2D eigenvalue weighted by atomic mass is 9.66. The van der Waals surface area contributed by atoms with E-state index in [2.05, 4.69) is 396 Å². The number of hydrogen-bond acceptors (Lipinski definition) is 4. The molecular formula is C89H62N4. The van der Waals surface area contributed by atoms with Crippen LogP contribution in [0.1, 0.15) is 11.1 Å². The second-order valence-corrected chi connectivity index (χ2v) is 24.7.